The van der Waals surface area contributed by atoms with E-state index in [4.69, 9.17) is 42.8 Å². The van der Waals surface area contributed by atoms with E-state index in [1.165, 1.54) is 20.3 Å². The maximum atomic E-state index is 11.7. The predicted molar refractivity (Wildman–Crippen MR) is 160 cm³/mol. The molecule has 3 aromatic heterocycles. The Bertz CT molecular complexity index is 1590. The van der Waals surface area contributed by atoms with Crippen molar-refractivity contribution in [3.8, 4) is 22.6 Å². The molecule has 1 aliphatic heterocycles. The summed E-state index contributed by atoms with van der Waals surface area (Å²) in [6, 6.07) is 3.71. The molecule has 1 atom stereocenters. The van der Waals surface area contributed by atoms with Gasteiger partial charge in [-0.15, -0.1) is 5.10 Å². The van der Waals surface area contributed by atoms with Gasteiger partial charge in [0.1, 0.15) is 11.5 Å². The number of hydrogen-bond acceptors (Lipinski definition) is 9. The van der Waals surface area contributed by atoms with Crippen LogP contribution in [-0.4, -0.2) is 82.3 Å². The highest BCUT2D eigenvalue weighted by atomic mass is 35.5. The van der Waals surface area contributed by atoms with Crippen molar-refractivity contribution in [1.82, 2.24) is 34.8 Å². The van der Waals surface area contributed by atoms with Crippen molar-refractivity contribution in [2.45, 2.75) is 31.7 Å². The molecule has 11 nitrogen and oxygen atoms in total. The van der Waals surface area contributed by atoms with Gasteiger partial charge in [0.2, 0.25) is 11.9 Å². The molecule has 13 heteroatoms. The number of carbonyl (C=O) groups is 1. The Hall–Kier alpha value is -3.67. The number of piperidine rings is 1. The van der Waals surface area contributed by atoms with Crippen LogP contribution in [0.3, 0.4) is 0 Å². The molecule has 1 aromatic carbocycles. The average molecular weight is 600 g/mol. The summed E-state index contributed by atoms with van der Waals surface area (Å²) in [4.78, 5) is 28.1. The van der Waals surface area contributed by atoms with E-state index < -0.39 is 0 Å². The standard InChI is InChI=1S/C28H32Cl2N8O3/c1-6-21(39)33-17-7-9-37(10-8-17)14-15(2)25-34-27-18(22-23(29)19(40-4)12-20(41-5)24(22)30)11-16-13-32-28(31-3)35-26(16)38(27)36-25/h6,11-13,15,17H,1,7-10,14H2,2-5H3,(H,33,39)(H,31,32,35). The van der Waals surface area contributed by atoms with Crippen molar-refractivity contribution >= 4 is 51.7 Å². The fourth-order valence-corrected chi connectivity index (χ4v) is 5.85. The zero-order valence-electron chi connectivity index (χ0n) is 23.4. The topological polar surface area (TPSA) is 119 Å². The number of nitrogens with one attached hydrogen (secondary N) is 2. The molecule has 4 aromatic rings. The molecular formula is C28H32Cl2N8O3. The summed E-state index contributed by atoms with van der Waals surface area (Å²) >= 11 is 13.7. The van der Waals surface area contributed by atoms with E-state index in [0.29, 0.717) is 55.7 Å². The molecule has 1 fully saturated rings. The minimum Gasteiger partial charge on any atom is -0.495 e. The summed E-state index contributed by atoms with van der Waals surface area (Å²) in [5, 5.41) is 12.3. The molecule has 1 saturated heterocycles. The van der Waals surface area contributed by atoms with Crippen molar-refractivity contribution < 1.29 is 14.3 Å². The first kappa shape index (κ1) is 28.8. The first-order chi connectivity index (χ1) is 19.8. The first-order valence-electron chi connectivity index (χ1n) is 13.3. The van der Waals surface area contributed by atoms with Gasteiger partial charge in [0.25, 0.3) is 0 Å². The Morgan fingerprint density at radius 1 is 1.15 bits per heavy atom. The van der Waals surface area contributed by atoms with Crippen molar-refractivity contribution in [2.75, 3.05) is 46.2 Å². The lowest BCUT2D eigenvalue weighted by Gasteiger charge is -2.33. The van der Waals surface area contributed by atoms with E-state index in [0.717, 1.165) is 37.9 Å². The Balaban J connectivity index is 1.56. The van der Waals surface area contributed by atoms with Crippen LogP contribution in [0.15, 0.2) is 31.0 Å². The van der Waals surface area contributed by atoms with Crippen molar-refractivity contribution in [3.63, 3.8) is 0 Å². The van der Waals surface area contributed by atoms with Gasteiger partial charge in [-0.05, 0) is 25.0 Å². The van der Waals surface area contributed by atoms with Crippen LogP contribution in [0.1, 0.15) is 31.5 Å². The predicted octanol–water partition coefficient (Wildman–Crippen LogP) is 4.58. The first-order valence-corrected chi connectivity index (χ1v) is 14.0. The van der Waals surface area contributed by atoms with E-state index in [9.17, 15) is 4.79 Å². The van der Waals surface area contributed by atoms with Crippen LogP contribution >= 0.6 is 23.2 Å². The van der Waals surface area contributed by atoms with E-state index in [-0.39, 0.29) is 17.9 Å². The summed E-state index contributed by atoms with van der Waals surface area (Å²) in [5.74, 6) is 1.84. The monoisotopic (exact) mass is 598 g/mol. The Morgan fingerprint density at radius 2 is 1.83 bits per heavy atom. The number of amides is 1. The molecule has 1 aliphatic rings. The van der Waals surface area contributed by atoms with Crippen molar-refractivity contribution in [3.05, 3.63) is 46.9 Å². The lowest BCUT2D eigenvalue weighted by Crippen LogP contribution is -2.45. The van der Waals surface area contributed by atoms with E-state index in [1.54, 1.807) is 23.8 Å². The number of aromatic nitrogens is 5. The van der Waals surface area contributed by atoms with Crippen LogP contribution in [-0.2, 0) is 4.79 Å². The van der Waals surface area contributed by atoms with E-state index >= 15 is 0 Å². The highest BCUT2D eigenvalue weighted by Gasteiger charge is 2.27. The van der Waals surface area contributed by atoms with E-state index in [1.807, 2.05) is 6.07 Å². The highest BCUT2D eigenvalue weighted by molar-refractivity contribution is 6.41. The number of benzene rings is 1. The van der Waals surface area contributed by atoms with Gasteiger partial charge in [-0.3, -0.25) is 4.79 Å². The number of carbonyl (C=O) groups excluding carboxylic acids is 1. The quantitative estimate of drug-likeness (QED) is 0.267. The van der Waals surface area contributed by atoms with Crippen molar-refractivity contribution in [2.24, 2.45) is 0 Å². The number of hydrogen-bond donors (Lipinski definition) is 2. The fourth-order valence-electron chi connectivity index (χ4n) is 5.15. The Labute approximate surface area is 247 Å². The van der Waals surface area contributed by atoms with Gasteiger partial charge in [0, 0.05) is 67.4 Å². The zero-order valence-corrected chi connectivity index (χ0v) is 24.9. The minimum absolute atomic E-state index is 0.00788. The Kier molecular flexibility index (Phi) is 8.48. The number of fused-ring (bicyclic) bond motifs is 3. The van der Waals surface area contributed by atoms with Crippen LogP contribution in [0, 0.1) is 0 Å². The maximum absolute atomic E-state index is 11.7. The second-order valence-corrected chi connectivity index (χ2v) is 10.7. The van der Waals surface area contributed by atoms with Crippen LogP contribution in [0.2, 0.25) is 10.0 Å². The third-order valence-electron chi connectivity index (χ3n) is 7.32. The minimum atomic E-state index is -0.132. The summed E-state index contributed by atoms with van der Waals surface area (Å²) < 4.78 is 12.8. The molecule has 1 unspecified atom stereocenters. The molecule has 41 heavy (non-hydrogen) atoms. The van der Waals surface area contributed by atoms with Crippen molar-refractivity contribution in [1.29, 1.82) is 0 Å². The molecule has 0 bridgehead atoms. The third-order valence-corrected chi connectivity index (χ3v) is 8.07. The van der Waals surface area contributed by atoms with Gasteiger partial charge in [-0.25, -0.2) is 9.97 Å². The largest absolute Gasteiger partial charge is 0.495 e. The van der Waals surface area contributed by atoms with Crippen LogP contribution in [0.4, 0.5) is 5.95 Å². The number of ether oxygens (including phenoxy) is 2. The molecule has 1 amide bonds. The third kappa shape index (κ3) is 5.61. The molecule has 5 rings (SSSR count). The van der Waals surface area contributed by atoms with Gasteiger partial charge in [-0.2, -0.15) is 9.50 Å². The normalized spacial score (nSPS) is 15.2. The lowest BCUT2D eigenvalue weighted by atomic mass is 10.0. The number of halogens is 2. The molecule has 2 N–H and O–H groups in total. The molecule has 4 heterocycles. The number of methoxy groups -OCH3 is 2. The van der Waals surface area contributed by atoms with Crippen LogP contribution in [0.5, 0.6) is 11.5 Å². The zero-order chi connectivity index (χ0) is 29.3. The van der Waals surface area contributed by atoms with E-state index in [2.05, 4.69) is 39.0 Å². The van der Waals surface area contributed by atoms with Gasteiger partial charge < -0.3 is 25.0 Å². The molecular weight excluding hydrogens is 567 g/mol. The summed E-state index contributed by atoms with van der Waals surface area (Å²) in [7, 11) is 4.83. The Morgan fingerprint density at radius 3 is 2.44 bits per heavy atom. The maximum Gasteiger partial charge on any atom is 0.243 e. The summed E-state index contributed by atoms with van der Waals surface area (Å²) in [6.07, 6.45) is 4.78. The molecule has 0 saturated carbocycles. The molecule has 0 radical (unpaired) electrons. The second kappa shape index (κ2) is 12.1. The van der Waals surface area contributed by atoms with Gasteiger partial charge in [0.05, 0.1) is 24.3 Å². The SMILES string of the molecule is C=CC(=O)NC1CCN(CC(C)c2nc3c(-c4c(Cl)c(OC)cc(OC)c4Cl)cc4cnc(NC)nc4n3n2)CC1. The highest BCUT2D eigenvalue weighted by Crippen LogP contribution is 2.47. The van der Waals surface area contributed by atoms with Gasteiger partial charge in [-0.1, -0.05) is 36.7 Å². The summed E-state index contributed by atoms with van der Waals surface area (Å²) in [5.41, 5.74) is 2.31. The fraction of sp³-hybridized carbons (Fsp3) is 0.393. The number of rotatable bonds is 9. The average Bonchev–Trinajstić information content (AvgIpc) is 3.44. The summed E-state index contributed by atoms with van der Waals surface area (Å²) in [6.45, 7) is 8.12. The number of anilines is 1. The lowest BCUT2D eigenvalue weighted by molar-refractivity contribution is -0.117. The second-order valence-electron chi connectivity index (χ2n) is 9.96. The number of nitrogens with zero attached hydrogens (tertiary/aromatic N) is 6. The van der Waals surface area contributed by atoms with Crippen LogP contribution in [0.25, 0.3) is 27.8 Å². The smallest absolute Gasteiger partial charge is 0.243 e. The molecule has 0 aliphatic carbocycles. The number of pyridine rings is 1. The van der Waals surface area contributed by atoms with Gasteiger partial charge in [0.15, 0.2) is 17.1 Å². The van der Waals surface area contributed by atoms with Gasteiger partial charge >= 0.3 is 0 Å². The number of likely N-dealkylation sites (tertiary alicyclic amines) is 1. The van der Waals surface area contributed by atoms with Crippen LogP contribution < -0.4 is 20.1 Å². The molecule has 216 valence electrons. The molecule has 0 spiro atoms.